The Morgan fingerprint density at radius 2 is 1.20 bits per heavy atom. The van der Waals surface area contributed by atoms with Crippen LogP contribution in [0.1, 0.15) is 49.3 Å². The summed E-state index contributed by atoms with van der Waals surface area (Å²) >= 11 is 0. The average molecular weight is 615 g/mol. The number of unbranched alkanes of at least 4 members (excludes halogenated alkanes) is 3. The molecule has 0 heterocycles. The fourth-order valence-electron chi connectivity index (χ4n) is 4.31. The van der Waals surface area contributed by atoms with Crippen molar-refractivity contribution < 1.29 is 28.5 Å². The summed E-state index contributed by atoms with van der Waals surface area (Å²) in [6, 6.07) is 30.6. The van der Waals surface area contributed by atoms with E-state index in [-0.39, 0.29) is 5.97 Å². The maximum absolute atomic E-state index is 12.2. The quantitative estimate of drug-likeness (QED) is 0.0467. The topological polar surface area (TPSA) is 71.1 Å². The molecule has 0 bridgehead atoms. The van der Waals surface area contributed by atoms with Gasteiger partial charge >= 0.3 is 11.9 Å². The number of carbonyl (C=O) groups is 2. The molecular weight excluding hydrogens is 576 g/mol. The molecule has 0 fully saturated rings. The van der Waals surface area contributed by atoms with Crippen LogP contribution in [0.3, 0.4) is 0 Å². The lowest BCUT2D eigenvalue weighted by atomic mass is 10.0. The van der Waals surface area contributed by atoms with Crippen LogP contribution in [0.2, 0.25) is 0 Å². The zero-order valence-electron chi connectivity index (χ0n) is 26.3. The van der Waals surface area contributed by atoms with Crippen molar-refractivity contribution >= 4 is 18.0 Å². The number of ether oxygens (including phenoxy) is 4. The van der Waals surface area contributed by atoms with E-state index in [1.54, 1.807) is 32.2 Å². The Labute approximate surface area is 271 Å². The highest BCUT2D eigenvalue weighted by molar-refractivity contribution is 5.89. The third-order valence-electron chi connectivity index (χ3n) is 6.91. The van der Waals surface area contributed by atoms with Crippen LogP contribution in [0.15, 0.2) is 115 Å². The Bertz CT molecular complexity index is 1670. The summed E-state index contributed by atoms with van der Waals surface area (Å²) in [6.45, 7) is 6.29. The van der Waals surface area contributed by atoms with E-state index in [0.29, 0.717) is 24.5 Å². The molecule has 0 saturated heterocycles. The Morgan fingerprint density at radius 3 is 1.78 bits per heavy atom. The molecule has 0 aliphatic rings. The van der Waals surface area contributed by atoms with Crippen molar-refractivity contribution in [2.45, 2.75) is 32.6 Å². The Morgan fingerprint density at radius 1 is 0.674 bits per heavy atom. The van der Waals surface area contributed by atoms with E-state index in [9.17, 15) is 9.59 Å². The van der Waals surface area contributed by atoms with Gasteiger partial charge in [-0.3, -0.25) is 0 Å². The highest BCUT2D eigenvalue weighted by atomic mass is 16.5. The van der Waals surface area contributed by atoms with Gasteiger partial charge in [-0.05, 0) is 116 Å². The zero-order chi connectivity index (χ0) is 32.6. The molecule has 0 unspecified atom stereocenters. The average Bonchev–Trinajstić information content (AvgIpc) is 3.08. The third-order valence-corrected chi connectivity index (χ3v) is 6.91. The molecule has 4 aromatic carbocycles. The monoisotopic (exact) mass is 614 g/mol. The van der Waals surface area contributed by atoms with E-state index < -0.39 is 5.97 Å². The van der Waals surface area contributed by atoms with E-state index in [1.165, 1.54) is 6.08 Å². The van der Waals surface area contributed by atoms with Gasteiger partial charge < -0.3 is 18.9 Å². The van der Waals surface area contributed by atoms with Gasteiger partial charge in [0.2, 0.25) is 0 Å². The van der Waals surface area contributed by atoms with Crippen LogP contribution in [-0.4, -0.2) is 32.3 Å². The zero-order valence-corrected chi connectivity index (χ0v) is 26.3. The Kier molecular flexibility index (Phi) is 12.8. The van der Waals surface area contributed by atoms with Crippen molar-refractivity contribution in [2.24, 2.45) is 0 Å². The molecule has 0 atom stereocenters. The summed E-state index contributed by atoms with van der Waals surface area (Å²) in [7, 11) is 1.61. The lowest BCUT2D eigenvalue weighted by Crippen LogP contribution is -2.06. The first kappa shape index (κ1) is 33.4. The molecule has 6 nitrogen and oxygen atoms in total. The molecule has 6 heteroatoms. The molecule has 0 amide bonds. The highest BCUT2D eigenvalue weighted by Gasteiger charge is 2.04. The molecule has 0 aromatic heterocycles. The second-order valence-corrected chi connectivity index (χ2v) is 10.6. The number of carbonyl (C=O) groups excluding carboxylic acids is 2. The second kappa shape index (κ2) is 17.7. The molecule has 0 saturated carbocycles. The Balaban J connectivity index is 1.18. The summed E-state index contributed by atoms with van der Waals surface area (Å²) in [4.78, 5) is 23.6. The van der Waals surface area contributed by atoms with E-state index >= 15 is 0 Å². The summed E-state index contributed by atoms with van der Waals surface area (Å²) in [5.74, 6) is 7.69. The van der Waals surface area contributed by atoms with Crippen LogP contribution < -0.4 is 14.2 Å². The van der Waals surface area contributed by atoms with E-state index in [4.69, 9.17) is 18.9 Å². The smallest absolute Gasteiger partial charge is 0.336 e. The number of hydrogen-bond donors (Lipinski definition) is 0. The van der Waals surface area contributed by atoms with Crippen molar-refractivity contribution in [3.8, 4) is 40.2 Å². The van der Waals surface area contributed by atoms with Crippen molar-refractivity contribution in [1.82, 2.24) is 0 Å². The van der Waals surface area contributed by atoms with Crippen LogP contribution in [0.25, 0.3) is 17.2 Å². The van der Waals surface area contributed by atoms with Gasteiger partial charge in [0.15, 0.2) is 0 Å². The predicted octanol–water partition coefficient (Wildman–Crippen LogP) is 8.44. The van der Waals surface area contributed by atoms with Gasteiger partial charge in [0, 0.05) is 22.8 Å². The van der Waals surface area contributed by atoms with Gasteiger partial charge in [-0.15, -0.1) is 0 Å². The minimum Gasteiger partial charge on any atom is -0.497 e. The Hall–Kier alpha value is -5.54. The van der Waals surface area contributed by atoms with Gasteiger partial charge in [-0.1, -0.05) is 54.8 Å². The van der Waals surface area contributed by atoms with Crippen LogP contribution in [0.5, 0.6) is 17.2 Å². The summed E-state index contributed by atoms with van der Waals surface area (Å²) < 4.78 is 21.5. The van der Waals surface area contributed by atoms with Crippen LogP contribution in [-0.2, 0) is 14.3 Å². The first-order valence-corrected chi connectivity index (χ1v) is 15.2. The number of methoxy groups -OCH3 is 1. The molecular formula is C40H38O6. The van der Waals surface area contributed by atoms with E-state index in [2.05, 4.69) is 18.4 Å². The number of rotatable bonds is 14. The van der Waals surface area contributed by atoms with Gasteiger partial charge in [-0.2, -0.15) is 0 Å². The third kappa shape index (κ3) is 11.2. The predicted molar refractivity (Wildman–Crippen MR) is 182 cm³/mol. The van der Waals surface area contributed by atoms with Crippen LogP contribution in [0.4, 0.5) is 0 Å². The number of esters is 2. The van der Waals surface area contributed by atoms with Crippen molar-refractivity contribution in [2.75, 3.05) is 20.3 Å². The van der Waals surface area contributed by atoms with Gasteiger partial charge in [0.25, 0.3) is 0 Å². The van der Waals surface area contributed by atoms with Gasteiger partial charge in [-0.25, -0.2) is 9.59 Å². The van der Waals surface area contributed by atoms with Crippen molar-refractivity contribution in [1.29, 1.82) is 0 Å². The fourth-order valence-corrected chi connectivity index (χ4v) is 4.31. The van der Waals surface area contributed by atoms with Crippen molar-refractivity contribution in [3.05, 3.63) is 132 Å². The van der Waals surface area contributed by atoms with Crippen molar-refractivity contribution in [3.63, 3.8) is 0 Å². The molecule has 0 aliphatic heterocycles. The first-order valence-electron chi connectivity index (χ1n) is 15.2. The van der Waals surface area contributed by atoms with E-state index in [0.717, 1.165) is 65.0 Å². The first-order chi connectivity index (χ1) is 22.4. The van der Waals surface area contributed by atoms with Crippen LogP contribution in [0, 0.1) is 11.8 Å². The van der Waals surface area contributed by atoms with Crippen LogP contribution >= 0.6 is 0 Å². The number of hydrogen-bond acceptors (Lipinski definition) is 6. The normalized spacial score (nSPS) is 10.5. The molecule has 4 aromatic rings. The lowest BCUT2D eigenvalue weighted by molar-refractivity contribution is -0.139. The molecule has 0 spiro atoms. The van der Waals surface area contributed by atoms with E-state index in [1.807, 2.05) is 84.9 Å². The summed E-state index contributed by atoms with van der Waals surface area (Å²) in [5, 5.41) is 0. The van der Waals surface area contributed by atoms with Gasteiger partial charge in [0.1, 0.15) is 17.2 Å². The molecule has 0 aliphatic carbocycles. The maximum Gasteiger partial charge on any atom is 0.336 e. The SMILES string of the molecule is C=C(C)C(=O)OCCCCCCOc1ccc(C#Cc2ccc(-c3ccc(OC(=O)/C=C/c4ccc(OC)cc4)cc3)cc2)cc1. The van der Waals surface area contributed by atoms with Gasteiger partial charge in [0.05, 0.1) is 20.3 Å². The number of benzene rings is 4. The summed E-state index contributed by atoms with van der Waals surface area (Å²) in [6.07, 6.45) is 6.87. The molecule has 0 radical (unpaired) electrons. The minimum absolute atomic E-state index is 0.328. The second-order valence-electron chi connectivity index (χ2n) is 10.6. The highest BCUT2D eigenvalue weighted by Crippen LogP contribution is 2.23. The maximum atomic E-state index is 12.2. The molecule has 234 valence electrons. The fraction of sp³-hybridized carbons (Fsp3) is 0.200. The minimum atomic E-state index is -0.447. The standard InChI is InChI=1S/C40H38O6/c1-30(2)40(42)45-29-7-5-4-6-28-44-37-23-14-32(15-24-37)9-8-31-10-17-34(18-11-31)35-19-25-38(26-20-35)46-39(41)27-16-33-12-21-36(43-3)22-13-33/h10-27H,1,4-7,28-29H2,2-3H3/b27-16+. The largest absolute Gasteiger partial charge is 0.497 e. The lowest BCUT2D eigenvalue weighted by Gasteiger charge is -2.07. The molecule has 46 heavy (non-hydrogen) atoms. The molecule has 0 N–H and O–H groups in total. The summed E-state index contributed by atoms with van der Waals surface area (Å²) in [5.41, 5.74) is 5.17. The molecule has 4 rings (SSSR count).